The van der Waals surface area contributed by atoms with Crippen LogP contribution in [0, 0.1) is 11.8 Å². The zero-order valence-corrected chi connectivity index (χ0v) is 15.7. The van der Waals surface area contributed by atoms with Gasteiger partial charge in [0.15, 0.2) is 9.84 Å². The molecule has 0 aliphatic heterocycles. The number of rotatable bonds is 5. The third-order valence-electron chi connectivity index (χ3n) is 3.87. The molecule has 142 valence electrons. The molecule has 0 aromatic heterocycles. The van der Waals surface area contributed by atoms with Gasteiger partial charge in [-0.25, -0.2) is 13.9 Å². The molecule has 0 saturated carbocycles. The van der Waals surface area contributed by atoms with Crippen molar-refractivity contribution in [2.24, 2.45) is 0 Å². The summed E-state index contributed by atoms with van der Waals surface area (Å²) in [6, 6.07) is 4.48. The minimum absolute atomic E-state index is 0.174. The van der Waals surface area contributed by atoms with E-state index in [-0.39, 0.29) is 5.56 Å². The van der Waals surface area contributed by atoms with Crippen molar-refractivity contribution in [1.82, 2.24) is 10.8 Å². The number of aliphatic hydroxyl groups is 1. The molecule has 0 aliphatic rings. The second-order valence-corrected chi connectivity index (χ2v) is 8.88. The SMILES string of the molecule is CC(O)C#Cc1ccc(C(=O)N[C@H](C(=O)NO)C(C)(C)S(C)(=O)=O)cc1. The van der Waals surface area contributed by atoms with Crippen molar-refractivity contribution in [2.45, 2.75) is 37.7 Å². The fraction of sp³-hybridized carbons (Fsp3) is 0.412. The lowest BCUT2D eigenvalue weighted by Gasteiger charge is -2.31. The van der Waals surface area contributed by atoms with Crippen LogP contribution in [0.3, 0.4) is 0 Å². The lowest BCUT2D eigenvalue weighted by Crippen LogP contribution is -2.60. The Morgan fingerprint density at radius 3 is 2.15 bits per heavy atom. The Hall–Kier alpha value is -2.41. The highest BCUT2D eigenvalue weighted by atomic mass is 32.2. The van der Waals surface area contributed by atoms with E-state index in [0.29, 0.717) is 5.56 Å². The van der Waals surface area contributed by atoms with Gasteiger partial charge >= 0.3 is 0 Å². The number of carbonyl (C=O) groups is 2. The number of hydrogen-bond acceptors (Lipinski definition) is 6. The summed E-state index contributed by atoms with van der Waals surface area (Å²) in [4.78, 5) is 24.3. The highest BCUT2D eigenvalue weighted by molar-refractivity contribution is 7.92. The molecule has 0 aliphatic carbocycles. The maximum Gasteiger partial charge on any atom is 0.267 e. The first-order valence-electron chi connectivity index (χ1n) is 7.64. The van der Waals surface area contributed by atoms with E-state index in [9.17, 15) is 18.0 Å². The van der Waals surface area contributed by atoms with Crippen LogP contribution in [0.4, 0.5) is 0 Å². The zero-order valence-electron chi connectivity index (χ0n) is 14.9. The molecule has 9 heteroatoms. The number of nitrogens with one attached hydrogen (secondary N) is 2. The van der Waals surface area contributed by atoms with Crippen LogP contribution in [0.5, 0.6) is 0 Å². The molecule has 0 fully saturated rings. The monoisotopic (exact) mass is 382 g/mol. The van der Waals surface area contributed by atoms with Gasteiger partial charge in [0.2, 0.25) is 0 Å². The Kier molecular flexibility index (Phi) is 6.92. The normalized spacial score (nSPS) is 13.8. The molecule has 0 spiro atoms. The van der Waals surface area contributed by atoms with Crippen LogP contribution in [-0.4, -0.2) is 53.7 Å². The summed E-state index contributed by atoms with van der Waals surface area (Å²) >= 11 is 0. The Morgan fingerprint density at radius 1 is 1.19 bits per heavy atom. The highest BCUT2D eigenvalue weighted by Gasteiger charge is 2.44. The minimum Gasteiger partial charge on any atom is -0.381 e. The molecule has 0 bridgehead atoms. The molecular weight excluding hydrogens is 360 g/mol. The van der Waals surface area contributed by atoms with Gasteiger partial charge in [-0.2, -0.15) is 0 Å². The minimum atomic E-state index is -3.74. The molecule has 1 rings (SSSR count). The van der Waals surface area contributed by atoms with Crippen LogP contribution in [0.2, 0.25) is 0 Å². The Labute approximate surface area is 152 Å². The van der Waals surface area contributed by atoms with Crippen molar-refractivity contribution < 1.29 is 28.3 Å². The van der Waals surface area contributed by atoms with Crippen LogP contribution in [0.1, 0.15) is 36.7 Å². The van der Waals surface area contributed by atoms with Crippen molar-refractivity contribution in [2.75, 3.05) is 6.26 Å². The molecule has 0 heterocycles. The third kappa shape index (κ3) is 5.29. The predicted octanol–water partition coefficient (Wildman–Crippen LogP) is -0.154. The van der Waals surface area contributed by atoms with Crippen molar-refractivity contribution >= 4 is 21.7 Å². The van der Waals surface area contributed by atoms with Gasteiger partial charge in [0.25, 0.3) is 11.8 Å². The topological polar surface area (TPSA) is 133 Å². The van der Waals surface area contributed by atoms with Crippen LogP contribution >= 0.6 is 0 Å². The largest absolute Gasteiger partial charge is 0.381 e. The van der Waals surface area contributed by atoms with Gasteiger partial charge in [0.05, 0.1) is 4.75 Å². The number of aliphatic hydroxyl groups excluding tert-OH is 1. The number of amides is 2. The summed E-state index contributed by atoms with van der Waals surface area (Å²) in [6.07, 6.45) is 0.154. The van der Waals surface area contributed by atoms with Gasteiger partial charge in [0.1, 0.15) is 12.1 Å². The summed E-state index contributed by atoms with van der Waals surface area (Å²) in [6.45, 7) is 4.07. The fourth-order valence-electron chi connectivity index (χ4n) is 1.94. The Morgan fingerprint density at radius 2 is 1.73 bits per heavy atom. The third-order valence-corrected chi connectivity index (χ3v) is 6.02. The van der Waals surface area contributed by atoms with Gasteiger partial charge in [-0.1, -0.05) is 11.8 Å². The lowest BCUT2D eigenvalue weighted by molar-refractivity contribution is -0.131. The zero-order chi connectivity index (χ0) is 20.1. The van der Waals surface area contributed by atoms with Crippen molar-refractivity contribution in [3.63, 3.8) is 0 Å². The van der Waals surface area contributed by atoms with E-state index < -0.39 is 38.5 Å². The fourth-order valence-corrected chi connectivity index (χ4v) is 2.53. The van der Waals surface area contributed by atoms with E-state index in [1.807, 2.05) is 0 Å². The molecule has 8 nitrogen and oxygen atoms in total. The van der Waals surface area contributed by atoms with E-state index >= 15 is 0 Å². The maximum atomic E-state index is 12.4. The standard InChI is InChI=1S/C17H22N2O6S/c1-11(20)5-6-12-7-9-13(10-8-12)15(21)18-14(16(22)19-23)17(2,3)26(4,24)25/h7-11,14,20,23H,1-4H3,(H,18,21)(H,19,22)/t11?,14-/m1/s1. The van der Waals surface area contributed by atoms with Crippen LogP contribution in [0.25, 0.3) is 0 Å². The second kappa shape index (κ2) is 8.31. The molecular formula is C17H22N2O6S. The molecule has 1 aromatic rings. The van der Waals surface area contributed by atoms with Crippen LogP contribution in [-0.2, 0) is 14.6 Å². The molecule has 1 unspecified atom stereocenters. The van der Waals surface area contributed by atoms with E-state index in [2.05, 4.69) is 17.2 Å². The number of sulfone groups is 1. The predicted molar refractivity (Wildman–Crippen MR) is 95.1 cm³/mol. The molecule has 1 aromatic carbocycles. The first-order valence-corrected chi connectivity index (χ1v) is 9.53. The molecule has 4 N–H and O–H groups in total. The number of carbonyl (C=O) groups excluding carboxylic acids is 2. The average molecular weight is 382 g/mol. The van der Waals surface area contributed by atoms with E-state index in [1.54, 1.807) is 12.1 Å². The molecule has 2 amide bonds. The van der Waals surface area contributed by atoms with Crippen LogP contribution < -0.4 is 10.8 Å². The van der Waals surface area contributed by atoms with Gasteiger partial charge < -0.3 is 10.4 Å². The molecule has 0 saturated heterocycles. The highest BCUT2D eigenvalue weighted by Crippen LogP contribution is 2.21. The summed E-state index contributed by atoms with van der Waals surface area (Å²) in [7, 11) is -3.74. The summed E-state index contributed by atoms with van der Waals surface area (Å²) in [5.74, 6) is 3.54. The van der Waals surface area contributed by atoms with Crippen molar-refractivity contribution in [1.29, 1.82) is 0 Å². The molecule has 0 radical (unpaired) electrons. The maximum absolute atomic E-state index is 12.4. The molecule has 26 heavy (non-hydrogen) atoms. The molecule has 2 atom stereocenters. The van der Waals surface area contributed by atoms with Gasteiger partial charge in [0, 0.05) is 17.4 Å². The van der Waals surface area contributed by atoms with E-state index in [0.717, 1.165) is 6.26 Å². The average Bonchev–Trinajstić information content (AvgIpc) is 2.56. The van der Waals surface area contributed by atoms with Gasteiger partial charge in [-0.3, -0.25) is 14.8 Å². The quantitative estimate of drug-likeness (QED) is 0.318. The number of hydrogen-bond donors (Lipinski definition) is 4. The first-order chi connectivity index (χ1) is 11.9. The van der Waals surface area contributed by atoms with E-state index in [1.165, 1.54) is 38.4 Å². The Bertz CT molecular complexity index is 832. The summed E-state index contributed by atoms with van der Waals surface area (Å²) in [5.41, 5.74) is 2.12. The summed E-state index contributed by atoms with van der Waals surface area (Å²) in [5, 5.41) is 20.3. The van der Waals surface area contributed by atoms with Crippen molar-refractivity contribution in [3.8, 4) is 11.8 Å². The second-order valence-electron chi connectivity index (χ2n) is 6.28. The van der Waals surface area contributed by atoms with Crippen molar-refractivity contribution in [3.05, 3.63) is 35.4 Å². The van der Waals surface area contributed by atoms with E-state index in [4.69, 9.17) is 10.3 Å². The summed E-state index contributed by atoms with van der Waals surface area (Å²) < 4.78 is 22.3. The number of hydroxylamine groups is 1. The van der Waals surface area contributed by atoms with Crippen LogP contribution in [0.15, 0.2) is 24.3 Å². The van der Waals surface area contributed by atoms with Gasteiger partial charge in [-0.15, -0.1) is 0 Å². The lowest BCUT2D eigenvalue weighted by atomic mass is 10.0. The smallest absolute Gasteiger partial charge is 0.267 e. The van der Waals surface area contributed by atoms with Gasteiger partial charge in [-0.05, 0) is 45.0 Å². The Balaban J connectivity index is 3.08. The first kappa shape index (κ1) is 21.6. The number of benzene rings is 1.